The molecule has 0 aliphatic carbocycles. The number of nitrogens with one attached hydrogen (secondary N) is 1. The van der Waals surface area contributed by atoms with Crippen LogP contribution in [0, 0.1) is 12.8 Å². The molecule has 1 aliphatic heterocycles. The Kier molecular flexibility index (Phi) is 6.15. The zero-order valence-electron chi connectivity index (χ0n) is 14.3. The average Bonchev–Trinajstić information content (AvgIpc) is 2.61. The van der Waals surface area contributed by atoms with Gasteiger partial charge in [-0.15, -0.1) is 0 Å². The molecule has 0 atom stereocenters. The molecule has 0 saturated carbocycles. The summed E-state index contributed by atoms with van der Waals surface area (Å²) in [5.41, 5.74) is 3.15. The van der Waals surface area contributed by atoms with Gasteiger partial charge in [0.25, 0.3) is 0 Å². The number of nitrogens with zero attached hydrogens (tertiary/aromatic N) is 1. The van der Waals surface area contributed by atoms with E-state index < -0.39 is 0 Å². The molecular formula is C20H22BrClN2O. The summed E-state index contributed by atoms with van der Waals surface area (Å²) in [6, 6.07) is 14.0. The summed E-state index contributed by atoms with van der Waals surface area (Å²) in [6.45, 7) is 4.81. The Balaban J connectivity index is 1.52. The summed E-state index contributed by atoms with van der Waals surface area (Å²) in [7, 11) is 0. The first-order valence-electron chi connectivity index (χ1n) is 8.55. The van der Waals surface area contributed by atoms with E-state index in [2.05, 4.69) is 50.4 Å². The summed E-state index contributed by atoms with van der Waals surface area (Å²) in [6.07, 6.45) is 1.78. The average molecular weight is 422 g/mol. The highest BCUT2D eigenvalue weighted by Crippen LogP contribution is 2.24. The van der Waals surface area contributed by atoms with Gasteiger partial charge >= 0.3 is 0 Å². The zero-order chi connectivity index (χ0) is 17.8. The molecule has 3 rings (SSSR count). The molecule has 0 radical (unpaired) electrons. The third-order valence-electron chi connectivity index (χ3n) is 4.74. The summed E-state index contributed by atoms with van der Waals surface area (Å²) in [5.74, 6) is 0.174. The number of carbonyl (C=O) groups excluding carboxylic acids is 1. The fourth-order valence-corrected chi connectivity index (χ4v) is 3.60. The van der Waals surface area contributed by atoms with Crippen molar-refractivity contribution in [2.75, 3.05) is 18.4 Å². The fourth-order valence-electron chi connectivity index (χ4n) is 3.16. The van der Waals surface area contributed by atoms with Crippen LogP contribution in [-0.2, 0) is 11.3 Å². The largest absolute Gasteiger partial charge is 0.326 e. The highest BCUT2D eigenvalue weighted by atomic mass is 79.9. The van der Waals surface area contributed by atoms with Gasteiger partial charge in [0, 0.05) is 27.6 Å². The summed E-state index contributed by atoms with van der Waals surface area (Å²) < 4.78 is 1.10. The van der Waals surface area contributed by atoms with Crippen LogP contribution in [0.5, 0.6) is 0 Å². The molecule has 5 heteroatoms. The van der Waals surface area contributed by atoms with Crippen LogP contribution in [0.15, 0.2) is 46.9 Å². The van der Waals surface area contributed by atoms with Crippen molar-refractivity contribution in [3.8, 4) is 0 Å². The maximum absolute atomic E-state index is 12.6. The number of aryl methyl sites for hydroxylation is 1. The molecule has 1 amide bonds. The Morgan fingerprint density at radius 2 is 1.88 bits per heavy atom. The van der Waals surface area contributed by atoms with Gasteiger partial charge in [-0.05, 0) is 68.2 Å². The van der Waals surface area contributed by atoms with Crippen LogP contribution >= 0.6 is 27.5 Å². The number of hydrogen-bond donors (Lipinski definition) is 1. The summed E-state index contributed by atoms with van der Waals surface area (Å²) in [5, 5.41) is 3.69. The Hall–Kier alpha value is -1.36. The highest BCUT2D eigenvalue weighted by molar-refractivity contribution is 9.10. The minimum Gasteiger partial charge on any atom is -0.326 e. The van der Waals surface area contributed by atoms with Crippen LogP contribution in [-0.4, -0.2) is 23.9 Å². The monoisotopic (exact) mass is 420 g/mol. The van der Waals surface area contributed by atoms with Crippen molar-refractivity contribution in [1.29, 1.82) is 0 Å². The third kappa shape index (κ3) is 5.06. The predicted octanol–water partition coefficient (Wildman–Crippen LogP) is 5.26. The number of hydrogen-bond acceptors (Lipinski definition) is 2. The van der Waals surface area contributed by atoms with Gasteiger partial charge in [-0.3, -0.25) is 9.69 Å². The normalized spacial score (nSPS) is 16.0. The number of likely N-dealkylation sites (tertiary alicyclic amines) is 1. The molecule has 2 aromatic carbocycles. The summed E-state index contributed by atoms with van der Waals surface area (Å²) in [4.78, 5) is 15.0. The molecular weight excluding hydrogens is 400 g/mol. The second-order valence-corrected chi connectivity index (χ2v) is 7.98. The number of benzene rings is 2. The van der Waals surface area contributed by atoms with Crippen LogP contribution in [0.4, 0.5) is 5.69 Å². The van der Waals surface area contributed by atoms with Crippen LogP contribution in [0.3, 0.4) is 0 Å². The highest BCUT2D eigenvalue weighted by Gasteiger charge is 2.25. The van der Waals surface area contributed by atoms with Crippen LogP contribution < -0.4 is 5.32 Å². The number of halogens is 2. The van der Waals surface area contributed by atoms with E-state index in [-0.39, 0.29) is 11.8 Å². The molecule has 0 unspecified atom stereocenters. The van der Waals surface area contributed by atoms with Gasteiger partial charge in [-0.25, -0.2) is 0 Å². The first-order chi connectivity index (χ1) is 12.0. The van der Waals surface area contributed by atoms with E-state index in [0.29, 0.717) is 5.02 Å². The lowest BCUT2D eigenvalue weighted by Crippen LogP contribution is -2.37. The van der Waals surface area contributed by atoms with Crippen molar-refractivity contribution in [1.82, 2.24) is 4.90 Å². The quantitative estimate of drug-likeness (QED) is 0.730. The van der Waals surface area contributed by atoms with Gasteiger partial charge in [0.2, 0.25) is 5.91 Å². The molecule has 25 heavy (non-hydrogen) atoms. The first kappa shape index (κ1) is 18.4. The maximum atomic E-state index is 12.6. The Morgan fingerprint density at radius 3 is 2.56 bits per heavy atom. The second kappa shape index (κ2) is 8.35. The smallest absolute Gasteiger partial charge is 0.227 e. The van der Waals surface area contributed by atoms with Crippen LogP contribution in [0.25, 0.3) is 0 Å². The summed E-state index contributed by atoms with van der Waals surface area (Å²) >= 11 is 9.50. The number of anilines is 1. The van der Waals surface area contributed by atoms with E-state index in [1.54, 1.807) is 0 Å². The van der Waals surface area contributed by atoms with E-state index in [1.807, 2.05) is 25.1 Å². The Bertz CT molecular complexity index is 740. The van der Waals surface area contributed by atoms with E-state index in [9.17, 15) is 4.79 Å². The maximum Gasteiger partial charge on any atom is 0.227 e. The van der Waals surface area contributed by atoms with Gasteiger partial charge < -0.3 is 5.32 Å². The van der Waals surface area contributed by atoms with Gasteiger partial charge in [-0.2, -0.15) is 0 Å². The topological polar surface area (TPSA) is 32.3 Å². The van der Waals surface area contributed by atoms with E-state index >= 15 is 0 Å². The number of rotatable bonds is 4. The second-order valence-electron chi connectivity index (χ2n) is 6.63. The lowest BCUT2D eigenvalue weighted by molar-refractivity contribution is -0.121. The standard InChI is InChI=1S/C20H22BrClN2O/c1-14-2-7-18(22)12-19(14)23-20(25)16-8-10-24(11-9-16)13-15-3-5-17(21)6-4-15/h2-7,12,16H,8-11,13H2,1H3,(H,23,25). The molecule has 0 spiro atoms. The molecule has 1 heterocycles. The molecule has 2 aromatic rings. The van der Waals surface area contributed by atoms with Crippen molar-refractivity contribution in [2.24, 2.45) is 5.92 Å². The number of carbonyl (C=O) groups is 1. The fraction of sp³-hybridized carbons (Fsp3) is 0.350. The van der Waals surface area contributed by atoms with E-state index in [1.165, 1.54) is 5.56 Å². The molecule has 1 saturated heterocycles. The molecule has 1 N–H and O–H groups in total. The Morgan fingerprint density at radius 1 is 1.20 bits per heavy atom. The molecule has 132 valence electrons. The minimum atomic E-state index is 0.0690. The number of piperidine rings is 1. The van der Waals surface area contributed by atoms with Crippen molar-refractivity contribution >= 4 is 39.1 Å². The lowest BCUT2D eigenvalue weighted by Gasteiger charge is -2.31. The van der Waals surface area contributed by atoms with E-state index in [0.717, 1.165) is 48.2 Å². The third-order valence-corrected chi connectivity index (χ3v) is 5.50. The van der Waals surface area contributed by atoms with Gasteiger partial charge in [0.15, 0.2) is 0 Å². The molecule has 0 aromatic heterocycles. The van der Waals surface area contributed by atoms with Crippen molar-refractivity contribution < 1.29 is 4.79 Å². The minimum absolute atomic E-state index is 0.0690. The first-order valence-corrected chi connectivity index (χ1v) is 9.72. The molecule has 1 aliphatic rings. The molecule has 3 nitrogen and oxygen atoms in total. The van der Waals surface area contributed by atoms with Crippen molar-refractivity contribution in [3.63, 3.8) is 0 Å². The number of amides is 1. The van der Waals surface area contributed by atoms with Crippen LogP contribution in [0.2, 0.25) is 5.02 Å². The predicted molar refractivity (Wildman–Crippen MR) is 107 cm³/mol. The van der Waals surface area contributed by atoms with Crippen LogP contribution in [0.1, 0.15) is 24.0 Å². The van der Waals surface area contributed by atoms with Gasteiger partial charge in [0.1, 0.15) is 0 Å². The van der Waals surface area contributed by atoms with Gasteiger partial charge in [-0.1, -0.05) is 45.7 Å². The van der Waals surface area contributed by atoms with Gasteiger partial charge in [0.05, 0.1) is 0 Å². The molecule has 0 bridgehead atoms. The van der Waals surface area contributed by atoms with Crippen molar-refractivity contribution in [3.05, 3.63) is 63.1 Å². The lowest BCUT2D eigenvalue weighted by atomic mass is 9.95. The Labute approximate surface area is 162 Å². The van der Waals surface area contributed by atoms with E-state index in [4.69, 9.17) is 11.6 Å². The van der Waals surface area contributed by atoms with Crippen molar-refractivity contribution in [2.45, 2.75) is 26.3 Å². The SMILES string of the molecule is Cc1ccc(Cl)cc1NC(=O)C1CCN(Cc2ccc(Br)cc2)CC1. The molecule has 1 fully saturated rings. The zero-order valence-corrected chi connectivity index (χ0v) is 16.6.